The van der Waals surface area contributed by atoms with E-state index in [1.165, 1.54) is 11.1 Å². The Morgan fingerprint density at radius 2 is 1.76 bits per heavy atom. The van der Waals surface area contributed by atoms with Gasteiger partial charge in [0.1, 0.15) is 11.8 Å². The lowest BCUT2D eigenvalue weighted by atomic mass is 10.1. The molecule has 0 fully saturated rings. The van der Waals surface area contributed by atoms with Gasteiger partial charge < -0.3 is 4.74 Å². The SMILES string of the molecule is CCOc1ccc(C(C#N)NCc2ccc(C)cc2)cc1. The predicted molar refractivity (Wildman–Crippen MR) is 84.0 cm³/mol. The second-order valence-corrected chi connectivity index (χ2v) is 4.93. The highest BCUT2D eigenvalue weighted by molar-refractivity contribution is 5.32. The molecule has 0 aliphatic rings. The van der Waals surface area contributed by atoms with E-state index in [4.69, 9.17) is 4.74 Å². The summed E-state index contributed by atoms with van der Waals surface area (Å²) in [5.41, 5.74) is 3.36. The zero-order chi connectivity index (χ0) is 15.1. The van der Waals surface area contributed by atoms with Crippen LogP contribution in [0.4, 0.5) is 0 Å². The maximum atomic E-state index is 9.33. The first kappa shape index (κ1) is 15.1. The van der Waals surface area contributed by atoms with E-state index in [9.17, 15) is 5.26 Å². The molecule has 0 heterocycles. The molecule has 108 valence electrons. The van der Waals surface area contributed by atoms with Crippen LogP contribution in [-0.2, 0) is 6.54 Å². The van der Waals surface area contributed by atoms with Crippen LogP contribution in [0.15, 0.2) is 48.5 Å². The molecule has 0 amide bonds. The molecule has 0 spiro atoms. The fourth-order valence-corrected chi connectivity index (χ4v) is 2.09. The minimum Gasteiger partial charge on any atom is -0.494 e. The van der Waals surface area contributed by atoms with Crippen LogP contribution < -0.4 is 10.1 Å². The van der Waals surface area contributed by atoms with Gasteiger partial charge in [0.25, 0.3) is 0 Å². The average Bonchev–Trinajstić information content (AvgIpc) is 2.51. The molecule has 2 aromatic rings. The van der Waals surface area contributed by atoms with Gasteiger partial charge in [0.2, 0.25) is 0 Å². The second-order valence-electron chi connectivity index (χ2n) is 4.93. The molecule has 2 aromatic carbocycles. The maximum absolute atomic E-state index is 9.33. The van der Waals surface area contributed by atoms with Crippen molar-refractivity contribution in [3.8, 4) is 11.8 Å². The van der Waals surface area contributed by atoms with Crippen molar-refractivity contribution in [1.82, 2.24) is 5.32 Å². The minimum absolute atomic E-state index is 0.318. The summed E-state index contributed by atoms with van der Waals surface area (Å²) in [6.07, 6.45) is 0. The Kier molecular flexibility index (Phi) is 5.36. The maximum Gasteiger partial charge on any atom is 0.121 e. The fourth-order valence-electron chi connectivity index (χ4n) is 2.09. The number of nitriles is 1. The summed E-state index contributed by atoms with van der Waals surface area (Å²) in [4.78, 5) is 0. The molecule has 0 aromatic heterocycles. The normalized spacial score (nSPS) is 11.7. The number of benzene rings is 2. The first-order valence-corrected chi connectivity index (χ1v) is 7.14. The van der Waals surface area contributed by atoms with Crippen molar-refractivity contribution in [1.29, 1.82) is 5.26 Å². The van der Waals surface area contributed by atoms with Crippen molar-refractivity contribution in [3.63, 3.8) is 0 Å². The number of aryl methyl sites for hydroxylation is 1. The lowest BCUT2D eigenvalue weighted by Gasteiger charge is -2.13. The molecule has 3 nitrogen and oxygen atoms in total. The zero-order valence-corrected chi connectivity index (χ0v) is 12.5. The topological polar surface area (TPSA) is 45.0 Å². The number of hydrogen-bond donors (Lipinski definition) is 1. The molecule has 21 heavy (non-hydrogen) atoms. The van der Waals surface area contributed by atoms with Crippen LogP contribution in [0.3, 0.4) is 0 Å². The summed E-state index contributed by atoms with van der Waals surface area (Å²) in [5.74, 6) is 0.830. The van der Waals surface area contributed by atoms with Gasteiger partial charge in [-0.05, 0) is 37.1 Å². The molecule has 1 unspecified atom stereocenters. The molecule has 0 aliphatic heterocycles. The van der Waals surface area contributed by atoms with Gasteiger partial charge >= 0.3 is 0 Å². The van der Waals surface area contributed by atoms with Crippen LogP contribution in [0, 0.1) is 18.3 Å². The van der Waals surface area contributed by atoms with Crippen molar-refractivity contribution >= 4 is 0 Å². The van der Waals surface area contributed by atoms with Crippen LogP contribution in [0.2, 0.25) is 0 Å². The third-order valence-corrected chi connectivity index (χ3v) is 3.28. The van der Waals surface area contributed by atoms with Gasteiger partial charge in [-0.2, -0.15) is 5.26 Å². The first-order valence-electron chi connectivity index (χ1n) is 7.14. The van der Waals surface area contributed by atoms with Crippen LogP contribution in [-0.4, -0.2) is 6.61 Å². The van der Waals surface area contributed by atoms with Gasteiger partial charge in [0.15, 0.2) is 0 Å². The quantitative estimate of drug-likeness (QED) is 0.876. The van der Waals surface area contributed by atoms with E-state index in [2.05, 4.69) is 42.6 Å². The van der Waals surface area contributed by atoms with Crippen LogP contribution >= 0.6 is 0 Å². The molecule has 0 radical (unpaired) electrons. The molecule has 2 rings (SSSR count). The summed E-state index contributed by atoms with van der Waals surface area (Å²) >= 11 is 0. The molecular weight excluding hydrogens is 260 g/mol. The minimum atomic E-state index is -0.318. The standard InChI is InChI=1S/C18H20N2O/c1-3-21-17-10-8-16(9-11-17)18(12-19)20-13-15-6-4-14(2)5-7-15/h4-11,18,20H,3,13H2,1-2H3. The lowest BCUT2D eigenvalue weighted by Crippen LogP contribution is -2.19. The number of hydrogen-bond acceptors (Lipinski definition) is 3. The highest BCUT2D eigenvalue weighted by Crippen LogP contribution is 2.18. The summed E-state index contributed by atoms with van der Waals surface area (Å²) in [6.45, 7) is 5.34. The molecule has 0 aliphatic carbocycles. The zero-order valence-electron chi connectivity index (χ0n) is 12.5. The fraction of sp³-hybridized carbons (Fsp3) is 0.278. The smallest absolute Gasteiger partial charge is 0.121 e. The van der Waals surface area contributed by atoms with E-state index in [1.54, 1.807) is 0 Å². The Bertz CT molecular complexity index is 597. The van der Waals surface area contributed by atoms with E-state index in [1.807, 2.05) is 31.2 Å². The van der Waals surface area contributed by atoms with E-state index in [0.717, 1.165) is 11.3 Å². The predicted octanol–water partition coefficient (Wildman–Crippen LogP) is 3.75. The molecule has 0 bridgehead atoms. The van der Waals surface area contributed by atoms with Gasteiger partial charge in [0, 0.05) is 6.54 Å². The molecule has 0 saturated carbocycles. The van der Waals surface area contributed by atoms with E-state index >= 15 is 0 Å². The number of rotatable bonds is 6. The van der Waals surface area contributed by atoms with E-state index < -0.39 is 0 Å². The lowest BCUT2D eigenvalue weighted by molar-refractivity contribution is 0.340. The van der Waals surface area contributed by atoms with Gasteiger partial charge in [-0.1, -0.05) is 42.0 Å². The summed E-state index contributed by atoms with van der Waals surface area (Å²) in [5, 5.41) is 12.6. The van der Waals surface area contributed by atoms with Crippen molar-refractivity contribution in [2.45, 2.75) is 26.4 Å². The largest absolute Gasteiger partial charge is 0.494 e. The molecule has 0 saturated heterocycles. The molecule has 1 atom stereocenters. The van der Waals surface area contributed by atoms with Crippen LogP contribution in [0.5, 0.6) is 5.75 Å². The third kappa shape index (κ3) is 4.34. The Balaban J connectivity index is 1.99. The average molecular weight is 280 g/mol. The molecular formula is C18H20N2O. The first-order chi connectivity index (χ1) is 10.2. The Labute approximate surface area is 126 Å². The number of nitrogens with one attached hydrogen (secondary N) is 1. The van der Waals surface area contributed by atoms with Crippen molar-refractivity contribution in [2.75, 3.05) is 6.61 Å². The number of ether oxygens (including phenoxy) is 1. The van der Waals surface area contributed by atoms with Crippen LogP contribution in [0.25, 0.3) is 0 Å². The van der Waals surface area contributed by atoms with E-state index in [0.29, 0.717) is 13.2 Å². The van der Waals surface area contributed by atoms with Gasteiger partial charge in [-0.25, -0.2) is 0 Å². The highest BCUT2D eigenvalue weighted by Gasteiger charge is 2.09. The molecule has 1 N–H and O–H groups in total. The number of nitrogens with zero attached hydrogens (tertiary/aromatic N) is 1. The van der Waals surface area contributed by atoms with Gasteiger partial charge in [-0.15, -0.1) is 0 Å². The summed E-state index contributed by atoms with van der Waals surface area (Å²) < 4.78 is 5.41. The summed E-state index contributed by atoms with van der Waals surface area (Å²) in [7, 11) is 0. The van der Waals surface area contributed by atoms with Crippen molar-refractivity contribution in [2.24, 2.45) is 0 Å². The summed E-state index contributed by atoms with van der Waals surface area (Å²) in [6, 6.07) is 18.0. The Morgan fingerprint density at radius 3 is 2.33 bits per heavy atom. The molecule has 3 heteroatoms. The van der Waals surface area contributed by atoms with Crippen LogP contribution in [0.1, 0.15) is 29.7 Å². The van der Waals surface area contributed by atoms with Crippen molar-refractivity contribution in [3.05, 3.63) is 65.2 Å². The second kappa shape index (κ2) is 7.47. The Morgan fingerprint density at radius 1 is 1.10 bits per heavy atom. The van der Waals surface area contributed by atoms with Gasteiger partial charge in [0.05, 0.1) is 12.7 Å². The third-order valence-electron chi connectivity index (χ3n) is 3.28. The van der Waals surface area contributed by atoms with E-state index in [-0.39, 0.29) is 6.04 Å². The highest BCUT2D eigenvalue weighted by atomic mass is 16.5. The van der Waals surface area contributed by atoms with Gasteiger partial charge in [-0.3, -0.25) is 5.32 Å². The van der Waals surface area contributed by atoms with Crippen molar-refractivity contribution < 1.29 is 4.74 Å². The Hall–Kier alpha value is -2.31. The monoisotopic (exact) mass is 280 g/mol.